The minimum atomic E-state index is -3.74. The fourth-order valence-electron chi connectivity index (χ4n) is 2.82. The van der Waals surface area contributed by atoms with Crippen LogP contribution < -0.4 is 9.62 Å². The van der Waals surface area contributed by atoms with Crippen molar-refractivity contribution in [3.05, 3.63) is 64.6 Å². The van der Waals surface area contributed by atoms with E-state index in [0.717, 1.165) is 16.1 Å². The summed E-state index contributed by atoms with van der Waals surface area (Å²) in [6, 6.07) is 15.2. The first-order valence-electron chi connectivity index (χ1n) is 8.92. The van der Waals surface area contributed by atoms with Crippen molar-refractivity contribution in [1.82, 2.24) is 10.2 Å². The van der Waals surface area contributed by atoms with Gasteiger partial charge in [-0.05, 0) is 40.5 Å². The Morgan fingerprint density at radius 1 is 1.07 bits per heavy atom. The van der Waals surface area contributed by atoms with Crippen molar-refractivity contribution < 1.29 is 18.0 Å². The van der Waals surface area contributed by atoms with E-state index >= 15 is 0 Å². The van der Waals surface area contributed by atoms with Crippen molar-refractivity contribution in [1.29, 1.82) is 0 Å². The lowest BCUT2D eigenvalue weighted by molar-refractivity contribution is -0.139. The summed E-state index contributed by atoms with van der Waals surface area (Å²) in [6.45, 7) is 1.38. The van der Waals surface area contributed by atoms with Gasteiger partial charge in [0.1, 0.15) is 12.6 Å². The van der Waals surface area contributed by atoms with Crippen molar-refractivity contribution in [3.8, 4) is 0 Å². The first-order chi connectivity index (χ1) is 13.6. The molecule has 0 unspecified atom stereocenters. The molecule has 7 nitrogen and oxygen atoms in total. The van der Waals surface area contributed by atoms with Gasteiger partial charge in [0.25, 0.3) is 0 Å². The summed E-state index contributed by atoms with van der Waals surface area (Å²) in [6.07, 6.45) is 1.05. The largest absolute Gasteiger partial charge is 0.357 e. The number of halogens is 1. The lowest BCUT2D eigenvalue weighted by atomic mass is 10.1. The highest BCUT2D eigenvalue weighted by atomic mass is 79.9. The Kier molecular flexibility index (Phi) is 7.80. The SMILES string of the molecule is CNC(=O)[C@@H](C)N(Cc1ccccc1)C(=O)CN(c1ccccc1Br)S(C)(=O)=O. The van der Waals surface area contributed by atoms with Crippen LogP contribution in [0, 0.1) is 0 Å². The minimum absolute atomic E-state index is 0.182. The molecule has 0 aromatic heterocycles. The second-order valence-electron chi connectivity index (χ2n) is 6.52. The van der Waals surface area contributed by atoms with Gasteiger partial charge in [-0.2, -0.15) is 0 Å². The molecule has 1 N–H and O–H groups in total. The molecule has 9 heteroatoms. The topological polar surface area (TPSA) is 86.8 Å². The molecule has 0 heterocycles. The minimum Gasteiger partial charge on any atom is -0.357 e. The Bertz CT molecular complexity index is 967. The molecule has 0 fully saturated rings. The molecule has 0 aliphatic rings. The number of hydrogen-bond donors (Lipinski definition) is 1. The van der Waals surface area contributed by atoms with Crippen LogP contribution in [0.4, 0.5) is 5.69 Å². The van der Waals surface area contributed by atoms with E-state index in [0.29, 0.717) is 10.2 Å². The third kappa shape index (κ3) is 6.04. The molecular weight excluding hydrogens is 458 g/mol. The van der Waals surface area contributed by atoms with E-state index in [-0.39, 0.29) is 12.5 Å². The van der Waals surface area contributed by atoms with Crippen LogP contribution in [0.1, 0.15) is 12.5 Å². The molecular formula is C20H24BrN3O4S. The summed E-state index contributed by atoms with van der Waals surface area (Å²) < 4.78 is 26.4. The number of benzene rings is 2. The van der Waals surface area contributed by atoms with Crippen LogP contribution in [-0.2, 0) is 26.2 Å². The summed E-state index contributed by atoms with van der Waals surface area (Å²) in [4.78, 5) is 26.8. The molecule has 0 radical (unpaired) electrons. The maximum atomic E-state index is 13.2. The zero-order valence-electron chi connectivity index (χ0n) is 16.5. The van der Waals surface area contributed by atoms with Gasteiger partial charge in [0.15, 0.2) is 0 Å². The molecule has 156 valence electrons. The number of rotatable bonds is 8. The van der Waals surface area contributed by atoms with Crippen LogP contribution in [0.5, 0.6) is 0 Å². The van der Waals surface area contributed by atoms with Gasteiger partial charge in [0.2, 0.25) is 21.8 Å². The lowest BCUT2D eigenvalue weighted by Gasteiger charge is -2.31. The van der Waals surface area contributed by atoms with E-state index < -0.39 is 28.5 Å². The molecule has 2 rings (SSSR count). The summed E-state index contributed by atoms with van der Waals surface area (Å²) in [5.41, 5.74) is 1.19. The van der Waals surface area contributed by atoms with Gasteiger partial charge >= 0.3 is 0 Å². The third-order valence-electron chi connectivity index (χ3n) is 4.41. The van der Waals surface area contributed by atoms with Crippen LogP contribution in [-0.4, -0.2) is 51.0 Å². The van der Waals surface area contributed by atoms with Crippen LogP contribution in [0.15, 0.2) is 59.1 Å². The standard InChI is InChI=1S/C20H24BrN3O4S/c1-15(20(26)22-2)23(13-16-9-5-4-6-10-16)19(25)14-24(29(3,27)28)18-12-8-7-11-17(18)21/h4-12,15H,13-14H2,1-3H3,(H,22,26)/t15-/m1/s1. The molecule has 0 aliphatic heterocycles. The monoisotopic (exact) mass is 481 g/mol. The molecule has 0 bridgehead atoms. The van der Waals surface area contributed by atoms with Crippen LogP contribution in [0.3, 0.4) is 0 Å². The lowest BCUT2D eigenvalue weighted by Crippen LogP contribution is -2.50. The number of nitrogens with zero attached hydrogens (tertiary/aromatic N) is 2. The van der Waals surface area contributed by atoms with Gasteiger partial charge in [-0.15, -0.1) is 0 Å². The average molecular weight is 482 g/mol. The average Bonchev–Trinajstić information content (AvgIpc) is 2.69. The third-order valence-corrected chi connectivity index (χ3v) is 6.21. The molecule has 0 spiro atoms. The summed E-state index contributed by atoms with van der Waals surface area (Å²) in [7, 11) is -2.24. The van der Waals surface area contributed by atoms with Gasteiger partial charge in [-0.3, -0.25) is 13.9 Å². The van der Waals surface area contributed by atoms with Crippen LogP contribution >= 0.6 is 15.9 Å². The zero-order valence-corrected chi connectivity index (χ0v) is 18.9. The van der Waals surface area contributed by atoms with Gasteiger partial charge in [-0.1, -0.05) is 42.5 Å². The number of nitrogens with one attached hydrogen (secondary N) is 1. The van der Waals surface area contributed by atoms with Crippen molar-refractivity contribution in [2.75, 3.05) is 24.2 Å². The van der Waals surface area contributed by atoms with E-state index in [1.165, 1.54) is 11.9 Å². The Balaban J connectivity index is 2.37. The normalized spacial score (nSPS) is 12.1. The Hall–Kier alpha value is -2.39. The number of carbonyl (C=O) groups excluding carboxylic acids is 2. The number of carbonyl (C=O) groups is 2. The molecule has 1 atom stereocenters. The second kappa shape index (κ2) is 9.89. The van der Waals surface area contributed by atoms with Crippen molar-refractivity contribution >= 4 is 43.5 Å². The summed E-state index contributed by atoms with van der Waals surface area (Å²) >= 11 is 3.34. The van der Waals surface area contributed by atoms with Crippen LogP contribution in [0.25, 0.3) is 0 Å². The Morgan fingerprint density at radius 3 is 2.21 bits per heavy atom. The maximum Gasteiger partial charge on any atom is 0.244 e. The number of amides is 2. The number of hydrogen-bond acceptors (Lipinski definition) is 4. The van der Waals surface area contributed by atoms with Crippen molar-refractivity contribution in [2.24, 2.45) is 0 Å². The zero-order chi connectivity index (χ0) is 21.6. The van der Waals surface area contributed by atoms with Gasteiger partial charge < -0.3 is 10.2 Å². The quantitative estimate of drug-likeness (QED) is 0.626. The highest BCUT2D eigenvalue weighted by Crippen LogP contribution is 2.27. The number of likely N-dealkylation sites (N-methyl/N-ethyl adjacent to an activating group) is 1. The highest BCUT2D eigenvalue weighted by molar-refractivity contribution is 9.10. The number of anilines is 1. The van der Waals surface area contributed by atoms with E-state index in [1.807, 2.05) is 30.3 Å². The predicted octanol–water partition coefficient (Wildman–Crippen LogP) is 2.38. The molecule has 29 heavy (non-hydrogen) atoms. The molecule has 2 amide bonds. The number of para-hydroxylation sites is 1. The summed E-state index contributed by atoms with van der Waals surface area (Å²) in [5.74, 6) is -0.813. The van der Waals surface area contributed by atoms with Crippen LogP contribution in [0.2, 0.25) is 0 Å². The Morgan fingerprint density at radius 2 is 1.66 bits per heavy atom. The number of sulfonamides is 1. The summed E-state index contributed by atoms with van der Waals surface area (Å²) in [5, 5.41) is 2.54. The Labute approximate surface area is 179 Å². The smallest absolute Gasteiger partial charge is 0.244 e. The van der Waals surface area contributed by atoms with Crippen molar-refractivity contribution in [2.45, 2.75) is 19.5 Å². The molecule has 2 aromatic carbocycles. The van der Waals surface area contributed by atoms with Gasteiger partial charge in [0.05, 0.1) is 11.9 Å². The fourth-order valence-corrected chi connectivity index (χ4v) is 4.30. The van der Waals surface area contributed by atoms with E-state index in [9.17, 15) is 18.0 Å². The first-order valence-corrected chi connectivity index (χ1v) is 11.6. The molecule has 0 saturated carbocycles. The fraction of sp³-hybridized carbons (Fsp3) is 0.300. The van der Waals surface area contributed by atoms with E-state index in [1.54, 1.807) is 31.2 Å². The van der Waals surface area contributed by atoms with E-state index in [2.05, 4.69) is 21.2 Å². The predicted molar refractivity (Wildman–Crippen MR) is 117 cm³/mol. The molecule has 0 saturated heterocycles. The maximum absolute atomic E-state index is 13.2. The van der Waals surface area contributed by atoms with Gasteiger partial charge in [0, 0.05) is 18.1 Å². The molecule has 2 aromatic rings. The van der Waals surface area contributed by atoms with Gasteiger partial charge in [-0.25, -0.2) is 8.42 Å². The second-order valence-corrected chi connectivity index (χ2v) is 9.28. The van der Waals surface area contributed by atoms with Crippen molar-refractivity contribution in [3.63, 3.8) is 0 Å². The first kappa shape index (κ1) is 22.9. The highest BCUT2D eigenvalue weighted by Gasteiger charge is 2.30. The van der Waals surface area contributed by atoms with E-state index in [4.69, 9.17) is 0 Å². The molecule has 0 aliphatic carbocycles.